The molecule has 3 saturated carbocycles. The van der Waals surface area contributed by atoms with Crippen LogP contribution in [0.25, 0.3) is 0 Å². The lowest BCUT2D eigenvalue weighted by Crippen LogP contribution is -2.51. The van der Waals surface area contributed by atoms with E-state index in [0.29, 0.717) is 51.6 Å². The van der Waals surface area contributed by atoms with Crippen molar-refractivity contribution in [2.45, 2.75) is 246 Å². The zero-order valence-corrected chi connectivity index (χ0v) is 47.6. The summed E-state index contributed by atoms with van der Waals surface area (Å²) in [5, 5.41) is 2.90. The molecular weight excluding hydrogens is 897 g/mol. The lowest BCUT2D eigenvalue weighted by atomic mass is 9.47. The van der Waals surface area contributed by atoms with Gasteiger partial charge in [0.2, 0.25) is 5.91 Å². The van der Waals surface area contributed by atoms with Gasteiger partial charge in [-0.3, -0.25) is 9.59 Å². The van der Waals surface area contributed by atoms with Crippen LogP contribution in [0.3, 0.4) is 0 Å². The number of carbonyl (C=O) groups excluding carboxylic acids is 2. The van der Waals surface area contributed by atoms with Gasteiger partial charge >= 0.3 is 5.97 Å². The van der Waals surface area contributed by atoms with Gasteiger partial charge in [0.05, 0.1) is 52.2 Å². The molecular formula is C63H112N2O7. The fourth-order valence-electron chi connectivity index (χ4n) is 14.4. The predicted molar refractivity (Wildman–Crippen MR) is 297 cm³/mol. The number of esters is 1. The quantitative estimate of drug-likeness (QED) is 0.0370. The maximum Gasteiger partial charge on any atom is 0.306 e. The zero-order valence-electron chi connectivity index (χ0n) is 47.6. The molecule has 1 unspecified atom stereocenters. The fraction of sp³-hybridized carbons (Fsp3) is 0.905. The highest BCUT2D eigenvalue weighted by atomic mass is 16.6. The number of hydrogen-bond donors (Lipinski definition) is 1. The topological polar surface area (TPSA) is 95.6 Å². The molecule has 1 aliphatic heterocycles. The maximum absolute atomic E-state index is 13.0. The summed E-state index contributed by atoms with van der Waals surface area (Å²) in [4.78, 5) is 28.1. The minimum absolute atomic E-state index is 0.0561. The number of amides is 1. The van der Waals surface area contributed by atoms with E-state index < -0.39 is 0 Å². The number of fused-ring (bicyclic) bond motifs is 5. The average Bonchev–Trinajstić information content (AvgIpc) is 3.73. The Labute approximate surface area is 442 Å². The number of carbonyl (C=O) groups is 2. The van der Waals surface area contributed by atoms with E-state index in [1.54, 1.807) is 0 Å². The molecule has 0 aromatic rings. The van der Waals surface area contributed by atoms with Crippen LogP contribution in [-0.4, -0.2) is 101 Å². The zero-order chi connectivity index (χ0) is 51.3. The number of allylic oxidation sites excluding steroid dienone is 3. The summed E-state index contributed by atoms with van der Waals surface area (Å²) in [6, 6.07) is 0. The molecule has 0 aromatic carbocycles. The summed E-state index contributed by atoms with van der Waals surface area (Å²) in [6.07, 6.45) is 43.7. The summed E-state index contributed by atoms with van der Waals surface area (Å²) < 4.78 is 30.0. The predicted octanol–water partition coefficient (Wildman–Crippen LogP) is 14.8. The first-order valence-corrected chi connectivity index (χ1v) is 30.9. The van der Waals surface area contributed by atoms with Gasteiger partial charge in [-0.2, -0.15) is 0 Å². The number of hydrogen-bond acceptors (Lipinski definition) is 8. The summed E-state index contributed by atoms with van der Waals surface area (Å²) in [5.41, 5.74) is 2.26. The molecule has 4 fully saturated rings. The molecule has 0 bridgehead atoms. The van der Waals surface area contributed by atoms with Gasteiger partial charge in [0.25, 0.3) is 0 Å². The van der Waals surface area contributed by atoms with Crippen LogP contribution < -0.4 is 5.32 Å². The first-order chi connectivity index (χ1) is 35.0. The first-order valence-electron chi connectivity index (χ1n) is 30.9. The van der Waals surface area contributed by atoms with Crippen LogP contribution in [0.15, 0.2) is 23.8 Å². The van der Waals surface area contributed by atoms with Gasteiger partial charge in [0.1, 0.15) is 6.10 Å². The highest BCUT2D eigenvalue weighted by molar-refractivity contribution is 5.81. The van der Waals surface area contributed by atoms with Crippen molar-refractivity contribution < 1.29 is 33.3 Å². The Morgan fingerprint density at radius 2 is 1.42 bits per heavy atom. The van der Waals surface area contributed by atoms with Crippen LogP contribution in [0.5, 0.6) is 0 Å². The third-order valence-corrected chi connectivity index (χ3v) is 18.7. The molecule has 0 aromatic heterocycles. The van der Waals surface area contributed by atoms with Crippen LogP contribution in [0, 0.1) is 46.3 Å². The molecule has 9 atom stereocenters. The Bertz CT molecular complexity index is 1530. The van der Waals surface area contributed by atoms with Crippen molar-refractivity contribution in [3.05, 3.63) is 23.8 Å². The van der Waals surface area contributed by atoms with Crippen LogP contribution >= 0.6 is 0 Å². The first kappa shape index (κ1) is 61.1. The SMILES string of the molecule is CCCCCCCC/C=C\CCCCCCCCOCC(CN1CCCCC1)OCCOCCOCCNC(=O)CCC(=O)O[C@H]1CC[C@@]2(C)C(=CC[C@H]3[C@@H]4CC[C@H]([C@H](C)CCCC(C)C)[C@@]4(C)CC[C@@H]32)C1. The van der Waals surface area contributed by atoms with E-state index in [1.165, 1.54) is 160 Å². The van der Waals surface area contributed by atoms with Crippen molar-refractivity contribution in [3.8, 4) is 0 Å². The molecule has 1 heterocycles. The number of nitrogens with zero attached hydrogens (tertiary/aromatic N) is 1. The van der Waals surface area contributed by atoms with E-state index in [0.717, 1.165) is 87.4 Å². The molecule has 72 heavy (non-hydrogen) atoms. The van der Waals surface area contributed by atoms with Crippen LogP contribution in [-0.2, 0) is 33.3 Å². The molecule has 0 radical (unpaired) electrons. The lowest BCUT2D eigenvalue weighted by molar-refractivity contribution is -0.152. The van der Waals surface area contributed by atoms with Crippen LogP contribution in [0.4, 0.5) is 0 Å². The number of nitrogens with one attached hydrogen (secondary N) is 1. The minimum atomic E-state index is -0.257. The van der Waals surface area contributed by atoms with Gasteiger partial charge in [-0.15, -0.1) is 0 Å². The Balaban J connectivity index is 0.847. The Morgan fingerprint density at radius 3 is 2.15 bits per heavy atom. The van der Waals surface area contributed by atoms with Gasteiger partial charge in [0.15, 0.2) is 0 Å². The molecule has 0 spiro atoms. The average molecular weight is 1010 g/mol. The lowest BCUT2D eigenvalue weighted by Gasteiger charge is -2.58. The molecule has 5 rings (SSSR count). The van der Waals surface area contributed by atoms with E-state index >= 15 is 0 Å². The monoisotopic (exact) mass is 1010 g/mol. The molecule has 1 N–H and O–H groups in total. The van der Waals surface area contributed by atoms with Crippen molar-refractivity contribution in [1.29, 1.82) is 0 Å². The normalized spacial score (nSPS) is 27.3. The van der Waals surface area contributed by atoms with Crippen LogP contribution in [0.2, 0.25) is 0 Å². The van der Waals surface area contributed by atoms with Gasteiger partial charge in [-0.25, -0.2) is 0 Å². The highest BCUT2D eigenvalue weighted by Crippen LogP contribution is 2.67. The van der Waals surface area contributed by atoms with E-state index in [9.17, 15) is 9.59 Å². The number of unbranched alkanes of at least 4 members (excludes halogenated alkanes) is 12. The summed E-state index contributed by atoms with van der Waals surface area (Å²) >= 11 is 0. The summed E-state index contributed by atoms with van der Waals surface area (Å²) in [6.45, 7) is 22.2. The summed E-state index contributed by atoms with van der Waals surface area (Å²) in [5.74, 6) is 4.52. The molecule has 5 aliphatic rings. The van der Waals surface area contributed by atoms with E-state index in [2.05, 4.69) is 70.0 Å². The standard InChI is InChI=1S/C63H112N2O7/c1-7-8-9-10-11-12-13-14-15-16-17-18-19-20-21-25-42-70-50-55(49-65-40-23-22-24-41-65)71-47-46-69-45-44-68-43-39-64-60(66)33-34-61(67)72-54-35-37-62(5)53(48-54)29-30-56-58-32-31-57(52(4)28-26-27-51(2)3)63(58,6)38-36-59(56)62/h14-15,29,51-52,54-59H,7-13,16-28,30-50H2,1-6H3,(H,64,66)/b15-14-/t52-,54+,55?,56+,57-,58+,59+,62+,63-/m1/s1. The smallest absolute Gasteiger partial charge is 0.306 e. The minimum Gasteiger partial charge on any atom is -0.462 e. The second kappa shape index (κ2) is 34.8. The molecule has 9 nitrogen and oxygen atoms in total. The number of ether oxygens (including phenoxy) is 5. The van der Waals surface area contributed by atoms with E-state index in [1.807, 2.05) is 0 Å². The highest BCUT2D eigenvalue weighted by Gasteiger charge is 2.59. The van der Waals surface area contributed by atoms with Crippen LogP contribution in [0.1, 0.15) is 234 Å². The molecule has 1 amide bonds. The Kier molecular flexibility index (Phi) is 29.5. The molecule has 1 saturated heterocycles. The number of rotatable bonds is 39. The van der Waals surface area contributed by atoms with Gasteiger partial charge in [0, 0.05) is 32.5 Å². The van der Waals surface area contributed by atoms with Gasteiger partial charge < -0.3 is 33.9 Å². The summed E-state index contributed by atoms with van der Waals surface area (Å²) in [7, 11) is 0. The molecule has 416 valence electrons. The van der Waals surface area contributed by atoms with E-state index in [4.69, 9.17) is 23.7 Å². The molecule has 9 heteroatoms. The third-order valence-electron chi connectivity index (χ3n) is 18.7. The maximum atomic E-state index is 13.0. The second-order valence-corrected chi connectivity index (χ2v) is 24.6. The van der Waals surface area contributed by atoms with Crippen molar-refractivity contribution in [3.63, 3.8) is 0 Å². The third kappa shape index (κ3) is 21.3. The second-order valence-electron chi connectivity index (χ2n) is 24.6. The van der Waals surface area contributed by atoms with Crippen molar-refractivity contribution in [2.24, 2.45) is 46.3 Å². The van der Waals surface area contributed by atoms with Crippen molar-refractivity contribution >= 4 is 11.9 Å². The van der Waals surface area contributed by atoms with Crippen molar-refractivity contribution in [1.82, 2.24) is 10.2 Å². The molecule has 4 aliphatic carbocycles. The van der Waals surface area contributed by atoms with Gasteiger partial charge in [-0.1, -0.05) is 149 Å². The van der Waals surface area contributed by atoms with E-state index in [-0.39, 0.29) is 42.3 Å². The Hall–Kier alpha value is -1.78. The van der Waals surface area contributed by atoms with Gasteiger partial charge in [-0.05, 0) is 149 Å². The number of piperidine rings is 1. The van der Waals surface area contributed by atoms with Crippen molar-refractivity contribution in [2.75, 3.05) is 72.4 Å². The largest absolute Gasteiger partial charge is 0.462 e. The number of likely N-dealkylation sites (tertiary alicyclic amines) is 1. The fourth-order valence-corrected chi connectivity index (χ4v) is 14.4. The Morgan fingerprint density at radius 1 is 0.722 bits per heavy atom.